The minimum Gasteiger partial charge on any atom is -0.381 e. The number of hydrogen-bond donors (Lipinski definition) is 2. The third-order valence-electron chi connectivity index (χ3n) is 7.79. The Balaban J connectivity index is 1.26. The highest BCUT2D eigenvalue weighted by molar-refractivity contribution is 9.10. The molecule has 1 aliphatic heterocycles. The fourth-order valence-electron chi connectivity index (χ4n) is 5.70. The van der Waals surface area contributed by atoms with Crippen LogP contribution in [0.4, 0.5) is 17.3 Å². The first-order chi connectivity index (χ1) is 19.9. The standard InChI is InChI=1S/C29H33BrN8O2S/c1-37-12-4-5-23(17-37)34-21-8-10-22(11-9-21)35-29-32-15-19-13-25(30)28(39)38(26(19)36-29)16-20-14-31-18-33-27(20)41(40)24-6-2-3-7-24/h8-11,13-15,18,23-24,34H,2-7,12,16-17H2,1H3,(H,32,35,36). The number of halogens is 1. The highest BCUT2D eigenvalue weighted by Crippen LogP contribution is 2.28. The number of benzene rings is 1. The summed E-state index contributed by atoms with van der Waals surface area (Å²) in [6, 6.07) is 10.2. The maximum absolute atomic E-state index is 13.4. The number of nitrogens with zero attached hydrogens (tertiary/aromatic N) is 6. The van der Waals surface area contributed by atoms with Crippen molar-refractivity contribution in [3.63, 3.8) is 0 Å². The molecule has 12 heteroatoms. The van der Waals surface area contributed by atoms with Crippen LogP contribution < -0.4 is 16.2 Å². The lowest BCUT2D eigenvalue weighted by Crippen LogP contribution is -2.39. The second-order valence-electron chi connectivity index (χ2n) is 10.9. The van der Waals surface area contributed by atoms with Gasteiger partial charge in [-0.1, -0.05) is 12.8 Å². The van der Waals surface area contributed by atoms with Gasteiger partial charge in [-0.15, -0.1) is 0 Å². The van der Waals surface area contributed by atoms with E-state index in [9.17, 15) is 9.00 Å². The molecule has 0 radical (unpaired) electrons. The van der Waals surface area contributed by atoms with Crippen LogP contribution in [0.5, 0.6) is 0 Å². The molecule has 0 spiro atoms. The minimum atomic E-state index is -1.26. The van der Waals surface area contributed by atoms with Gasteiger partial charge in [0.1, 0.15) is 17.0 Å². The zero-order chi connectivity index (χ0) is 28.3. The first-order valence-corrected chi connectivity index (χ1v) is 16.0. The summed E-state index contributed by atoms with van der Waals surface area (Å²) in [5, 5.41) is 8.17. The normalized spacial score (nSPS) is 18.9. The van der Waals surface area contributed by atoms with E-state index in [0.717, 1.165) is 50.1 Å². The predicted octanol–water partition coefficient (Wildman–Crippen LogP) is 4.69. The summed E-state index contributed by atoms with van der Waals surface area (Å²) >= 11 is 3.40. The number of anilines is 3. The Labute approximate surface area is 249 Å². The molecular weight excluding hydrogens is 604 g/mol. The number of nitrogens with one attached hydrogen (secondary N) is 2. The van der Waals surface area contributed by atoms with Crippen LogP contribution in [0.15, 0.2) is 63.3 Å². The van der Waals surface area contributed by atoms with Crippen LogP contribution in [-0.2, 0) is 17.3 Å². The summed E-state index contributed by atoms with van der Waals surface area (Å²) in [5.41, 5.74) is 2.79. The lowest BCUT2D eigenvalue weighted by atomic mass is 10.1. The van der Waals surface area contributed by atoms with Gasteiger partial charge in [0.25, 0.3) is 5.56 Å². The Morgan fingerprint density at radius 2 is 1.83 bits per heavy atom. The van der Waals surface area contributed by atoms with E-state index in [1.165, 1.54) is 19.2 Å². The first kappa shape index (κ1) is 27.9. The predicted molar refractivity (Wildman–Crippen MR) is 165 cm³/mol. The highest BCUT2D eigenvalue weighted by atomic mass is 79.9. The van der Waals surface area contributed by atoms with E-state index in [4.69, 9.17) is 4.98 Å². The van der Waals surface area contributed by atoms with Gasteiger partial charge in [-0.2, -0.15) is 4.98 Å². The average molecular weight is 638 g/mol. The number of rotatable bonds is 8. The molecule has 41 heavy (non-hydrogen) atoms. The number of hydrogen-bond acceptors (Lipinski definition) is 9. The summed E-state index contributed by atoms with van der Waals surface area (Å²) in [7, 11) is 0.901. The summed E-state index contributed by atoms with van der Waals surface area (Å²) in [5.74, 6) is 0.377. The number of aromatic nitrogens is 5. The van der Waals surface area contributed by atoms with E-state index in [0.29, 0.717) is 38.1 Å². The van der Waals surface area contributed by atoms with Crippen molar-refractivity contribution in [1.82, 2.24) is 29.4 Å². The molecule has 4 heterocycles. The van der Waals surface area contributed by atoms with Crippen molar-refractivity contribution < 1.29 is 4.21 Å². The monoisotopic (exact) mass is 636 g/mol. The molecule has 3 aromatic heterocycles. The Kier molecular flexibility index (Phi) is 8.40. The molecule has 2 N–H and O–H groups in total. The van der Waals surface area contributed by atoms with Gasteiger partial charge in [-0.25, -0.2) is 15.0 Å². The van der Waals surface area contributed by atoms with Gasteiger partial charge in [0.2, 0.25) is 5.95 Å². The molecule has 2 atom stereocenters. The topological polar surface area (TPSA) is 118 Å². The molecule has 4 aromatic rings. The van der Waals surface area contributed by atoms with Crippen molar-refractivity contribution in [3.8, 4) is 0 Å². The van der Waals surface area contributed by atoms with Crippen LogP contribution in [0.3, 0.4) is 0 Å². The van der Waals surface area contributed by atoms with Crippen molar-refractivity contribution in [2.75, 3.05) is 30.8 Å². The zero-order valence-corrected chi connectivity index (χ0v) is 25.3. The Morgan fingerprint density at radius 3 is 2.61 bits per heavy atom. The van der Waals surface area contributed by atoms with E-state index in [1.54, 1.807) is 23.0 Å². The number of likely N-dealkylation sites (tertiary alicyclic amines) is 1. The second-order valence-corrected chi connectivity index (χ2v) is 13.4. The van der Waals surface area contributed by atoms with Crippen LogP contribution in [0.2, 0.25) is 0 Å². The molecule has 1 saturated carbocycles. The first-order valence-electron chi connectivity index (χ1n) is 14.0. The van der Waals surface area contributed by atoms with Crippen LogP contribution >= 0.6 is 15.9 Å². The average Bonchev–Trinajstić information content (AvgIpc) is 3.52. The third kappa shape index (κ3) is 6.34. The maximum atomic E-state index is 13.4. The maximum Gasteiger partial charge on any atom is 0.266 e. The smallest absolute Gasteiger partial charge is 0.266 e. The van der Waals surface area contributed by atoms with E-state index in [2.05, 4.69) is 53.5 Å². The van der Waals surface area contributed by atoms with Gasteiger partial charge in [0.15, 0.2) is 0 Å². The summed E-state index contributed by atoms with van der Waals surface area (Å²) in [6.45, 7) is 2.34. The fourth-order valence-corrected chi connectivity index (χ4v) is 7.76. The van der Waals surface area contributed by atoms with Crippen molar-refractivity contribution in [2.24, 2.45) is 0 Å². The molecule has 2 fully saturated rings. The molecule has 1 aliphatic carbocycles. The van der Waals surface area contributed by atoms with E-state index >= 15 is 0 Å². The summed E-state index contributed by atoms with van der Waals surface area (Å²) < 4.78 is 15.3. The van der Waals surface area contributed by atoms with Crippen molar-refractivity contribution >= 4 is 55.1 Å². The highest BCUT2D eigenvalue weighted by Gasteiger charge is 2.26. The van der Waals surface area contributed by atoms with Crippen LogP contribution in [0.25, 0.3) is 11.0 Å². The van der Waals surface area contributed by atoms with Crippen LogP contribution in [-0.4, -0.2) is 65.0 Å². The lowest BCUT2D eigenvalue weighted by Gasteiger charge is -2.30. The fraction of sp³-hybridized carbons (Fsp3) is 0.414. The summed E-state index contributed by atoms with van der Waals surface area (Å²) in [6.07, 6.45) is 11.1. The van der Waals surface area contributed by atoms with Crippen molar-refractivity contribution in [2.45, 2.75) is 61.4 Å². The lowest BCUT2D eigenvalue weighted by molar-refractivity contribution is 0.261. The van der Waals surface area contributed by atoms with Crippen molar-refractivity contribution in [3.05, 3.63) is 69.4 Å². The molecule has 0 bridgehead atoms. The number of likely N-dealkylation sites (N-methyl/N-ethyl adjacent to an activating group) is 1. The van der Waals surface area contributed by atoms with Gasteiger partial charge in [-0.3, -0.25) is 13.6 Å². The van der Waals surface area contributed by atoms with Gasteiger partial charge in [-0.05, 0) is 85.5 Å². The Bertz CT molecular complexity index is 1620. The molecule has 6 rings (SSSR count). The van der Waals surface area contributed by atoms with Crippen molar-refractivity contribution in [1.29, 1.82) is 0 Å². The molecule has 1 saturated heterocycles. The molecule has 2 unspecified atom stereocenters. The van der Waals surface area contributed by atoms with E-state index in [1.807, 2.05) is 24.3 Å². The molecule has 10 nitrogen and oxygen atoms in total. The Hall–Kier alpha value is -3.22. The van der Waals surface area contributed by atoms with Gasteiger partial charge >= 0.3 is 0 Å². The summed E-state index contributed by atoms with van der Waals surface area (Å²) in [4.78, 5) is 33.5. The molecule has 0 amide bonds. The Morgan fingerprint density at radius 1 is 1.05 bits per heavy atom. The van der Waals surface area contributed by atoms with Crippen LogP contribution in [0, 0.1) is 0 Å². The van der Waals surface area contributed by atoms with Gasteiger partial charge < -0.3 is 15.5 Å². The third-order valence-corrected chi connectivity index (χ3v) is 10.2. The minimum absolute atomic E-state index is 0.0864. The van der Waals surface area contributed by atoms with E-state index < -0.39 is 10.8 Å². The zero-order valence-electron chi connectivity index (χ0n) is 22.9. The number of piperidine rings is 1. The van der Waals surface area contributed by atoms with Gasteiger partial charge in [0.05, 0.1) is 21.8 Å². The molecule has 214 valence electrons. The molecular formula is C29H33BrN8O2S. The van der Waals surface area contributed by atoms with Gasteiger partial charge in [0, 0.05) is 52.6 Å². The van der Waals surface area contributed by atoms with E-state index in [-0.39, 0.29) is 17.4 Å². The molecule has 2 aliphatic rings. The quantitative estimate of drug-likeness (QED) is 0.265. The SMILES string of the molecule is CN1CCCC(Nc2ccc(Nc3ncc4cc(Br)c(=O)n(Cc5cncnc5S(=O)C5CCCC5)c4n3)cc2)C1. The second kappa shape index (κ2) is 12.3. The molecule has 1 aromatic carbocycles. The van der Waals surface area contributed by atoms with Crippen LogP contribution in [0.1, 0.15) is 44.1 Å². The number of fused-ring (bicyclic) bond motifs is 1. The number of pyridine rings is 1. The largest absolute Gasteiger partial charge is 0.381 e.